The summed E-state index contributed by atoms with van der Waals surface area (Å²) >= 11 is 0. The average Bonchev–Trinajstić information content (AvgIpc) is 2.11. The van der Waals surface area contributed by atoms with Crippen molar-refractivity contribution in [3.8, 4) is 0 Å². The molecule has 0 atom stereocenters. The van der Waals surface area contributed by atoms with Gasteiger partial charge in [-0.2, -0.15) is 5.10 Å². The minimum absolute atomic E-state index is 0.279. The van der Waals surface area contributed by atoms with Crippen molar-refractivity contribution in [3.63, 3.8) is 0 Å². The van der Waals surface area contributed by atoms with Crippen LogP contribution in [0.25, 0.3) is 0 Å². The molecule has 1 heterocycles. The quantitative estimate of drug-likeness (QED) is 0.652. The minimum Gasteiger partial charge on any atom is -0.322 e. The van der Waals surface area contributed by atoms with Crippen LogP contribution >= 0.6 is 0 Å². The number of rotatable bonds is 1. The summed E-state index contributed by atoms with van der Waals surface area (Å²) in [6, 6.07) is 0. The first-order valence-electron chi connectivity index (χ1n) is 3.71. The predicted molar refractivity (Wildman–Crippen MR) is 45.2 cm³/mol. The van der Waals surface area contributed by atoms with Gasteiger partial charge in [-0.15, -0.1) is 0 Å². The van der Waals surface area contributed by atoms with E-state index in [-0.39, 0.29) is 5.54 Å². The Labute approximate surface area is 67.2 Å². The van der Waals surface area contributed by atoms with Gasteiger partial charge in [-0.3, -0.25) is 4.68 Å². The Bertz CT molecular complexity index is 255. The van der Waals surface area contributed by atoms with E-state index in [1.807, 2.05) is 38.7 Å². The van der Waals surface area contributed by atoms with Crippen LogP contribution in [0.3, 0.4) is 0 Å². The van der Waals surface area contributed by atoms with E-state index in [2.05, 4.69) is 5.10 Å². The van der Waals surface area contributed by atoms with Gasteiger partial charge in [0, 0.05) is 23.8 Å². The highest BCUT2D eigenvalue weighted by Crippen LogP contribution is 2.19. The topological polar surface area (TPSA) is 43.8 Å². The zero-order valence-electron chi connectivity index (χ0n) is 7.55. The summed E-state index contributed by atoms with van der Waals surface area (Å²) in [5.41, 5.74) is 7.89. The lowest BCUT2D eigenvalue weighted by atomic mass is 9.97. The van der Waals surface area contributed by atoms with Crippen molar-refractivity contribution in [2.45, 2.75) is 26.3 Å². The van der Waals surface area contributed by atoms with Gasteiger partial charge in [0.2, 0.25) is 0 Å². The summed E-state index contributed by atoms with van der Waals surface area (Å²) in [7, 11) is 1.92. The van der Waals surface area contributed by atoms with E-state index in [0.29, 0.717) is 0 Å². The Kier molecular flexibility index (Phi) is 1.76. The summed E-state index contributed by atoms with van der Waals surface area (Å²) < 4.78 is 1.84. The molecule has 0 bridgehead atoms. The SMILES string of the molecule is Cc1c(C(C)(C)N)cnn1C. The Balaban J connectivity index is 3.15. The molecule has 1 aromatic rings. The molecule has 0 fully saturated rings. The van der Waals surface area contributed by atoms with Crippen molar-refractivity contribution >= 4 is 0 Å². The van der Waals surface area contributed by atoms with Gasteiger partial charge in [0.25, 0.3) is 0 Å². The Hall–Kier alpha value is -0.830. The molecule has 0 aliphatic rings. The van der Waals surface area contributed by atoms with Crippen molar-refractivity contribution in [3.05, 3.63) is 17.5 Å². The van der Waals surface area contributed by atoms with Crippen molar-refractivity contribution in [2.75, 3.05) is 0 Å². The zero-order valence-corrected chi connectivity index (χ0v) is 7.55. The minimum atomic E-state index is -0.279. The molecule has 1 rings (SSSR count). The molecule has 2 N–H and O–H groups in total. The second kappa shape index (κ2) is 2.34. The van der Waals surface area contributed by atoms with Crippen LogP contribution in [0.2, 0.25) is 0 Å². The lowest BCUT2D eigenvalue weighted by Crippen LogP contribution is -2.29. The third-order valence-electron chi connectivity index (χ3n) is 1.93. The third-order valence-corrected chi connectivity index (χ3v) is 1.93. The molecule has 0 spiro atoms. The number of nitrogens with two attached hydrogens (primary N) is 1. The highest BCUT2D eigenvalue weighted by molar-refractivity contribution is 5.23. The maximum Gasteiger partial charge on any atom is 0.0542 e. The molecule has 62 valence electrons. The molecule has 11 heavy (non-hydrogen) atoms. The molecule has 0 aliphatic carbocycles. The molecular formula is C8H15N3. The van der Waals surface area contributed by atoms with E-state index in [9.17, 15) is 0 Å². The van der Waals surface area contributed by atoms with Gasteiger partial charge in [-0.25, -0.2) is 0 Å². The molecular weight excluding hydrogens is 138 g/mol. The lowest BCUT2D eigenvalue weighted by Gasteiger charge is -2.17. The number of hydrogen-bond donors (Lipinski definition) is 1. The summed E-state index contributed by atoms with van der Waals surface area (Å²) in [6.07, 6.45) is 1.83. The van der Waals surface area contributed by atoms with Gasteiger partial charge in [0.05, 0.1) is 6.20 Å². The molecule has 0 saturated carbocycles. The van der Waals surface area contributed by atoms with Crippen LogP contribution in [0, 0.1) is 6.92 Å². The van der Waals surface area contributed by atoms with E-state index in [1.54, 1.807) is 0 Å². The summed E-state index contributed by atoms with van der Waals surface area (Å²) in [4.78, 5) is 0. The second-order valence-electron chi connectivity index (χ2n) is 3.49. The van der Waals surface area contributed by atoms with E-state index < -0.39 is 0 Å². The van der Waals surface area contributed by atoms with Crippen LogP contribution in [-0.4, -0.2) is 9.78 Å². The van der Waals surface area contributed by atoms with Crippen molar-refractivity contribution in [1.29, 1.82) is 0 Å². The number of aromatic nitrogens is 2. The Morgan fingerprint density at radius 3 is 2.27 bits per heavy atom. The van der Waals surface area contributed by atoms with E-state index in [1.165, 1.54) is 0 Å². The Morgan fingerprint density at radius 1 is 1.55 bits per heavy atom. The smallest absolute Gasteiger partial charge is 0.0542 e. The standard InChI is InChI=1S/C8H15N3/c1-6-7(8(2,3)9)5-10-11(6)4/h5H,9H2,1-4H3. The summed E-state index contributed by atoms with van der Waals surface area (Å²) in [6.45, 7) is 5.99. The first-order chi connectivity index (χ1) is 4.93. The summed E-state index contributed by atoms with van der Waals surface area (Å²) in [5, 5.41) is 4.12. The predicted octanol–water partition coefficient (Wildman–Crippen LogP) is 0.922. The first kappa shape index (κ1) is 8.27. The largest absolute Gasteiger partial charge is 0.322 e. The van der Waals surface area contributed by atoms with Crippen molar-refractivity contribution in [1.82, 2.24) is 9.78 Å². The highest BCUT2D eigenvalue weighted by atomic mass is 15.3. The molecule has 3 heteroatoms. The third kappa shape index (κ3) is 1.43. The van der Waals surface area contributed by atoms with E-state index in [0.717, 1.165) is 11.3 Å². The van der Waals surface area contributed by atoms with Gasteiger partial charge in [-0.1, -0.05) is 0 Å². The monoisotopic (exact) mass is 153 g/mol. The fourth-order valence-corrected chi connectivity index (χ4v) is 1.13. The van der Waals surface area contributed by atoms with Gasteiger partial charge >= 0.3 is 0 Å². The molecule has 3 nitrogen and oxygen atoms in total. The molecule has 0 aliphatic heterocycles. The Morgan fingerprint density at radius 2 is 2.09 bits per heavy atom. The van der Waals surface area contributed by atoms with Crippen molar-refractivity contribution in [2.24, 2.45) is 12.8 Å². The van der Waals surface area contributed by atoms with Crippen LogP contribution in [0.1, 0.15) is 25.1 Å². The van der Waals surface area contributed by atoms with Crippen LogP contribution in [0.15, 0.2) is 6.20 Å². The molecule has 0 saturated heterocycles. The van der Waals surface area contributed by atoms with Crippen molar-refractivity contribution < 1.29 is 0 Å². The van der Waals surface area contributed by atoms with E-state index in [4.69, 9.17) is 5.73 Å². The zero-order chi connectivity index (χ0) is 8.65. The van der Waals surface area contributed by atoms with Gasteiger partial charge in [-0.05, 0) is 20.8 Å². The molecule has 0 amide bonds. The van der Waals surface area contributed by atoms with E-state index >= 15 is 0 Å². The second-order valence-corrected chi connectivity index (χ2v) is 3.49. The maximum absolute atomic E-state index is 5.92. The van der Waals surface area contributed by atoms with Gasteiger partial charge < -0.3 is 5.73 Å². The lowest BCUT2D eigenvalue weighted by molar-refractivity contribution is 0.548. The maximum atomic E-state index is 5.92. The number of aryl methyl sites for hydroxylation is 1. The molecule has 0 aromatic carbocycles. The molecule has 1 aromatic heterocycles. The first-order valence-corrected chi connectivity index (χ1v) is 3.71. The number of nitrogens with zero attached hydrogens (tertiary/aromatic N) is 2. The van der Waals surface area contributed by atoms with Gasteiger partial charge in [0.1, 0.15) is 0 Å². The fraction of sp³-hybridized carbons (Fsp3) is 0.625. The molecule has 0 unspecified atom stereocenters. The van der Waals surface area contributed by atoms with Crippen LogP contribution in [0.5, 0.6) is 0 Å². The normalized spacial score (nSPS) is 12.1. The van der Waals surface area contributed by atoms with Crippen LogP contribution in [0.4, 0.5) is 0 Å². The van der Waals surface area contributed by atoms with Crippen LogP contribution in [-0.2, 0) is 12.6 Å². The molecule has 0 radical (unpaired) electrons. The fourth-order valence-electron chi connectivity index (χ4n) is 1.13. The number of hydrogen-bond acceptors (Lipinski definition) is 2. The van der Waals surface area contributed by atoms with Gasteiger partial charge in [0.15, 0.2) is 0 Å². The highest BCUT2D eigenvalue weighted by Gasteiger charge is 2.18. The average molecular weight is 153 g/mol. The van der Waals surface area contributed by atoms with Crippen LogP contribution < -0.4 is 5.73 Å². The summed E-state index contributed by atoms with van der Waals surface area (Å²) in [5.74, 6) is 0.